The van der Waals surface area contributed by atoms with Gasteiger partial charge in [-0.2, -0.15) is 0 Å². The van der Waals surface area contributed by atoms with Gasteiger partial charge in [0.15, 0.2) is 5.96 Å². The zero-order valence-corrected chi connectivity index (χ0v) is 14.5. The zero-order chi connectivity index (χ0) is 17.2. The lowest BCUT2D eigenvalue weighted by molar-refractivity contribution is -0.124. The lowest BCUT2D eigenvalue weighted by Gasteiger charge is -2.21. The number of aliphatic imine (C=N–C) groups is 1. The standard InChI is InChI=1S/C15H29N5O3/c1-5-23-12(11(2)3)6-7-17-14(16-4)18-8-9-20-13(21)10-19-15(20)22/h11-12H,5-10H2,1-4H3,(H,19,22)(H2,16,17,18). The normalized spacial score (nSPS) is 16.7. The maximum absolute atomic E-state index is 11.5. The number of hydrogen-bond donors (Lipinski definition) is 3. The number of urea groups is 1. The number of nitrogens with one attached hydrogen (secondary N) is 3. The number of amides is 3. The largest absolute Gasteiger partial charge is 0.378 e. The van der Waals surface area contributed by atoms with Crippen molar-refractivity contribution in [3.8, 4) is 0 Å². The van der Waals surface area contributed by atoms with Gasteiger partial charge in [-0.3, -0.25) is 14.7 Å². The summed E-state index contributed by atoms with van der Waals surface area (Å²) in [7, 11) is 1.69. The van der Waals surface area contributed by atoms with Crippen molar-refractivity contribution in [2.24, 2.45) is 10.9 Å². The molecular weight excluding hydrogens is 298 g/mol. The molecule has 0 aromatic heterocycles. The van der Waals surface area contributed by atoms with Crippen LogP contribution in [-0.4, -0.2) is 68.7 Å². The molecule has 8 heteroatoms. The lowest BCUT2D eigenvalue weighted by atomic mass is 10.0. The summed E-state index contributed by atoms with van der Waals surface area (Å²) in [5.41, 5.74) is 0. The molecule has 0 saturated carbocycles. The summed E-state index contributed by atoms with van der Waals surface area (Å²) in [4.78, 5) is 28.2. The average Bonchev–Trinajstić information content (AvgIpc) is 2.83. The van der Waals surface area contributed by atoms with Crippen LogP contribution in [0.2, 0.25) is 0 Å². The van der Waals surface area contributed by atoms with Crippen molar-refractivity contribution in [3.63, 3.8) is 0 Å². The lowest BCUT2D eigenvalue weighted by Crippen LogP contribution is -2.44. The summed E-state index contributed by atoms with van der Waals surface area (Å²) in [5.74, 6) is 0.915. The predicted octanol–water partition coefficient (Wildman–Crippen LogP) is 0.154. The van der Waals surface area contributed by atoms with E-state index >= 15 is 0 Å². The molecule has 1 saturated heterocycles. The smallest absolute Gasteiger partial charge is 0.324 e. The molecule has 0 aliphatic carbocycles. The van der Waals surface area contributed by atoms with Gasteiger partial charge in [-0.25, -0.2) is 4.79 Å². The average molecular weight is 327 g/mol. The van der Waals surface area contributed by atoms with Gasteiger partial charge in [-0.15, -0.1) is 0 Å². The van der Waals surface area contributed by atoms with Crippen LogP contribution in [0.15, 0.2) is 4.99 Å². The SMILES string of the molecule is CCOC(CCNC(=NC)NCCN1C(=O)CNC1=O)C(C)C. The summed E-state index contributed by atoms with van der Waals surface area (Å²) < 4.78 is 5.70. The summed E-state index contributed by atoms with van der Waals surface area (Å²) >= 11 is 0. The number of carbonyl (C=O) groups is 2. The van der Waals surface area contributed by atoms with Crippen LogP contribution in [-0.2, 0) is 9.53 Å². The van der Waals surface area contributed by atoms with Crippen LogP contribution in [0.3, 0.4) is 0 Å². The van der Waals surface area contributed by atoms with Gasteiger partial charge in [-0.1, -0.05) is 13.8 Å². The van der Waals surface area contributed by atoms with Crippen LogP contribution in [0.25, 0.3) is 0 Å². The third kappa shape index (κ3) is 6.43. The molecule has 1 fully saturated rings. The van der Waals surface area contributed by atoms with E-state index in [-0.39, 0.29) is 24.6 Å². The molecule has 132 valence electrons. The molecule has 1 unspecified atom stereocenters. The Hall–Kier alpha value is -1.83. The van der Waals surface area contributed by atoms with Gasteiger partial charge in [-0.05, 0) is 19.3 Å². The molecule has 3 N–H and O–H groups in total. The van der Waals surface area contributed by atoms with E-state index in [2.05, 4.69) is 34.8 Å². The van der Waals surface area contributed by atoms with Gasteiger partial charge in [0, 0.05) is 33.3 Å². The van der Waals surface area contributed by atoms with Crippen LogP contribution < -0.4 is 16.0 Å². The molecule has 0 spiro atoms. The Morgan fingerprint density at radius 1 is 1.35 bits per heavy atom. The fourth-order valence-electron chi connectivity index (χ4n) is 2.34. The monoisotopic (exact) mass is 327 g/mol. The first-order valence-corrected chi connectivity index (χ1v) is 8.13. The molecule has 3 amide bonds. The van der Waals surface area contributed by atoms with Crippen molar-refractivity contribution in [3.05, 3.63) is 0 Å². The van der Waals surface area contributed by atoms with E-state index in [0.29, 0.717) is 31.6 Å². The minimum absolute atomic E-state index is 0.0832. The minimum atomic E-state index is -0.337. The van der Waals surface area contributed by atoms with Crippen molar-refractivity contribution in [2.45, 2.75) is 33.3 Å². The second-order valence-electron chi connectivity index (χ2n) is 5.66. The van der Waals surface area contributed by atoms with Gasteiger partial charge in [0.2, 0.25) is 5.91 Å². The van der Waals surface area contributed by atoms with Gasteiger partial charge >= 0.3 is 6.03 Å². The molecule has 23 heavy (non-hydrogen) atoms. The molecule has 1 atom stereocenters. The summed E-state index contributed by atoms with van der Waals surface area (Å²) in [6.07, 6.45) is 1.11. The fourth-order valence-corrected chi connectivity index (χ4v) is 2.34. The molecule has 0 bridgehead atoms. The van der Waals surface area contributed by atoms with E-state index in [4.69, 9.17) is 4.74 Å². The third-order valence-electron chi connectivity index (χ3n) is 3.63. The summed E-state index contributed by atoms with van der Waals surface area (Å²) in [6.45, 7) is 8.60. The van der Waals surface area contributed by atoms with E-state index in [1.807, 2.05) is 6.92 Å². The molecule has 1 heterocycles. The Balaban J connectivity index is 2.26. The van der Waals surface area contributed by atoms with Crippen LogP contribution in [0.5, 0.6) is 0 Å². The van der Waals surface area contributed by atoms with Gasteiger partial charge in [0.25, 0.3) is 0 Å². The van der Waals surface area contributed by atoms with E-state index in [1.165, 1.54) is 4.90 Å². The van der Waals surface area contributed by atoms with Crippen molar-refractivity contribution >= 4 is 17.9 Å². The molecule has 0 aromatic rings. The molecule has 0 aromatic carbocycles. The first-order chi connectivity index (χ1) is 11.0. The summed E-state index contributed by atoms with van der Waals surface area (Å²) in [6, 6.07) is -0.337. The molecule has 1 rings (SSSR count). The molecule has 8 nitrogen and oxygen atoms in total. The quantitative estimate of drug-likeness (QED) is 0.318. The van der Waals surface area contributed by atoms with Gasteiger partial charge < -0.3 is 20.7 Å². The van der Waals surface area contributed by atoms with Crippen molar-refractivity contribution < 1.29 is 14.3 Å². The Morgan fingerprint density at radius 2 is 2.04 bits per heavy atom. The third-order valence-corrected chi connectivity index (χ3v) is 3.63. The van der Waals surface area contributed by atoms with E-state index < -0.39 is 0 Å². The van der Waals surface area contributed by atoms with Crippen LogP contribution >= 0.6 is 0 Å². The van der Waals surface area contributed by atoms with Crippen molar-refractivity contribution in [2.75, 3.05) is 39.8 Å². The van der Waals surface area contributed by atoms with Crippen LogP contribution in [0.4, 0.5) is 4.79 Å². The fraction of sp³-hybridized carbons (Fsp3) is 0.800. The Morgan fingerprint density at radius 3 is 2.57 bits per heavy atom. The molecule has 1 aliphatic heterocycles. The second-order valence-corrected chi connectivity index (χ2v) is 5.66. The number of guanidine groups is 1. The Labute approximate surface area is 138 Å². The van der Waals surface area contributed by atoms with Gasteiger partial charge in [0.1, 0.15) is 0 Å². The Bertz CT molecular complexity index is 409. The molecular formula is C15H29N5O3. The summed E-state index contributed by atoms with van der Waals surface area (Å²) in [5, 5.41) is 8.80. The topological polar surface area (TPSA) is 95.1 Å². The number of carbonyl (C=O) groups excluding carboxylic acids is 2. The number of rotatable bonds is 9. The van der Waals surface area contributed by atoms with E-state index in [0.717, 1.165) is 13.0 Å². The first-order valence-electron chi connectivity index (χ1n) is 8.13. The number of ether oxygens (including phenoxy) is 1. The molecule has 1 aliphatic rings. The number of nitrogens with zero attached hydrogens (tertiary/aromatic N) is 2. The van der Waals surface area contributed by atoms with Crippen molar-refractivity contribution in [1.82, 2.24) is 20.9 Å². The maximum Gasteiger partial charge on any atom is 0.324 e. The van der Waals surface area contributed by atoms with Crippen molar-refractivity contribution in [1.29, 1.82) is 0 Å². The highest BCUT2D eigenvalue weighted by Crippen LogP contribution is 2.09. The van der Waals surface area contributed by atoms with Crippen LogP contribution in [0.1, 0.15) is 27.2 Å². The van der Waals surface area contributed by atoms with Gasteiger partial charge in [0.05, 0.1) is 12.6 Å². The predicted molar refractivity (Wildman–Crippen MR) is 89.3 cm³/mol. The highest BCUT2D eigenvalue weighted by Gasteiger charge is 2.27. The second kappa shape index (κ2) is 10.0. The highest BCUT2D eigenvalue weighted by atomic mass is 16.5. The van der Waals surface area contributed by atoms with E-state index in [9.17, 15) is 9.59 Å². The Kier molecular flexibility index (Phi) is 8.39. The maximum atomic E-state index is 11.5. The van der Waals surface area contributed by atoms with Crippen LogP contribution in [0, 0.1) is 5.92 Å². The molecule has 0 radical (unpaired) electrons. The zero-order valence-electron chi connectivity index (χ0n) is 14.5. The first kappa shape index (κ1) is 19.2. The van der Waals surface area contributed by atoms with E-state index in [1.54, 1.807) is 7.05 Å². The minimum Gasteiger partial charge on any atom is -0.378 e. The highest BCUT2D eigenvalue weighted by molar-refractivity contribution is 6.01. The number of imide groups is 1. The number of hydrogen-bond acceptors (Lipinski definition) is 4.